The Bertz CT molecular complexity index is 497. The average molecular weight is 320 g/mol. The van der Waals surface area contributed by atoms with E-state index in [4.69, 9.17) is 4.74 Å². The molecule has 1 aromatic carbocycles. The zero-order valence-corrected chi connectivity index (χ0v) is 14.5. The van der Waals surface area contributed by atoms with E-state index in [1.54, 1.807) is 7.11 Å². The van der Waals surface area contributed by atoms with Crippen molar-refractivity contribution < 1.29 is 14.3 Å². The fourth-order valence-corrected chi connectivity index (χ4v) is 2.23. The second-order valence-electron chi connectivity index (χ2n) is 6.18. The third-order valence-electron chi connectivity index (χ3n) is 3.56. The lowest BCUT2D eigenvalue weighted by Gasteiger charge is -2.12. The number of carbonyl (C=O) groups excluding carboxylic acids is 2. The van der Waals surface area contributed by atoms with E-state index in [-0.39, 0.29) is 17.7 Å². The number of methoxy groups -OCH3 is 1. The maximum atomic E-state index is 12.0. The summed E-state index contributed by atoms with van der Waals surface area (Å²) in [6.07, 6.45) is 0.660. The van der Waals surface area contributed by atoms with Crippen LogP contribution in [0.25, 0.3) is 0 Å². The Morgan fingerprint density at radius 1 is 1.04 bits per heavy atom. The lowest BCUT2D eigenvalue weighted by atomic mass is 10.0. The van der Waals surface area contributed by atoms with Gasteiger partial charge in [0.2, 0.25) is 11.8 Å². The van der Waals surface area contributed by atoms with Gasteiger partial charge in [0, 0.05) is 32.2 Å². The SMILES string of the molecule is COCCNC(=O)CC(C)CC(=O)Nc1ccc(C(C)C)cc1. The first-order valence-electron chi connectivity index (χ1n) is 8.07. The van der Waals surface area contributed by atoms with Gasteiger partial charge in [0.15, 0.2) is 0 Å². The maximum Gasteiger partial charge on any atom is 0.224 e. The number of benzene rings is 1. The summed E-state index contributed by atoms with van der Waals surface area (Å²) in [4.78, 5) is 23.7. The molecule has 0 saturated heterocycles. The largest absolute Gasteiger partial charge is 0.383 e. The number of amides is 2. The van der Waals surface area contributed by atoms with Crippen molar-refractivity contribution in [2.24, 2.45) is 5.92 Å². The number of carbonyl (C=O) groups is 2. The minimum atomic E-state index is -0.0699. The van der Waals surface area contributed by atoms with E-state index in [2.05, 4.69) is 24.5 Å². The molecule has 0 saturated carbocycles. The molecule has 1 unspecified atom stereocenters. The van der Waals surface area contributed by atoms with Crippen LogP contribution < -0.4 is 10.6 Å². The minimum absolute atomic E-state index is 0.00696. The van der Waals surface area contributed by atoms with Gasteiger partial charge in [-0.2, -0.15) is 0 Å². The molecule has 0 fully saturated rings. The Balaban J connectivity index is 2.36. The molecule has 0 aliphatic rings. The van der Waals surface area contributed by atoms with Crippen LogP contribution in [0.1, 0.15) is 45.1 Å². The topological polar surface area (TPSA) is 67.4 Å². The molecule has 5 heteroatoms. The lowest BCUT2D eigenvalue weighted by molar-refractivity contribution is -0.122. The molecule has 5 nitrogen and oxygen atoms in total. The summed E-state index contributed by atoms with van der Waals surface area (Å²) in [6.45, 7) is 7.15. The van der Waals surface area contributed by atoms with E-state index in [1.807, 2.05) is 31.2 Å². The number of anilines is 1. The van der Waals surface area contributed by atoms with Crippen molar-refractivity contribution in [3.63, 3.8) is 0 Å². The van der Waals surface area contributed by atoms with Crippen LogP contribution in [-0.2, 0) is 14.3 Å². The summed E-state index contributed by atoms with van der Waals surface area (Å²) in [5.41, 5.74) is 2.03. The maximum absolute atomic E-state index is 12.0. The van der Waals surface area contributed by atoms with Crippen LogP contribution in [0, 0.1) is 5.92 Å². The van der Waals surface area contributed by atoms with Crippen molar-refractivity contribution in [1.82, 2.24) is 5.32 Å². The van der Waals surface area contributed by atoms with E-state index >= 15 is 0 Å². The standard InChI is InChI=1S/C18H28N2O3/c1-13(2)15-5-7-16(8-6-15)20-18(22)12-14(3)11-17(21)19-9-10-23-4/h5-8,13-14H,9-12H2,1-4H3,(H,19,21)(H,20,22). The molecule has 0 spiro atoms. The Morgan fingerprint density at radius 3 is 2.22 bits per heavy atom. The Kier molecular flexibility index (Phi) is 8.33. The average Bonchev–Trinajstić information content (AvgIpc) is 2.47. The number of ether oxygens (including phenoxy) is 1. The van der Waals surface area contributed by atoms with E-state index in [9.17, 15) is 9.59 Å². The molecule has 1 atom stereocenters. The fourth-order valence-electron chi connectivity index (χ4n) is 2.23. The zero-order chi connectivity index (χ0) is 17.2. The quantitative estimate of drug-likeness (QED) is 0.688. The van der Waals surface area contributed by atoms with Gasteiger partial charge in [0.1, 0.15) is 0 Å². The van der Waals surface area contributed by atoms with Gasteiger partial charge < -0.3 is 15.4 Å². The van der Waals surface area contributed by atoms with Gasteiger partial charge in [-0.1, -0.05) is 32.9 Å². The molecule has 0 heterocycles. The molecule has 0 aromatic heterocycles. The van der Waals surface area contributed by atoms with Crippen LogP contribution in [0.5, 0.6) is 0 Å². The summed E-state index contributed by atoms with van der Waals surface area (Å²) in [6, 6.07) is 7.87. The Hall–Kier alpha value is -1.88. The van der Waals surface area contributed by atoms with Gasteiger partial charge in [0.25, 0.3) is 0 Å². The third-order valence-corrected chi connectivity index (χ3v) is 3.56. The Morgan fingerprint density at radius 2 is 1.65 bits per heavy atom. The van der Waals surface area contributed by atoms with Gasteiger partial charge in [-0.25, -0.2) is 0 Å². The first-order chi connectivity index (χ1) is 10.9. The molecule has 2 amide bonds. The molecule has 2 N–H and O–H groups in total. The normalized spacial score (nSPS) is 12.0. The molecule has 128 valence electrons. The summed E-state index contributed by atoms with van der Waals surface area (Å²) >= 11 is 0. The number of hydrogen-bond donors (Lipinski definition) is 2. The van der Waals surface area contributed by atoms with Crippen molar-refractivity contribution in [3.8, 4) is 0 Å². The minimum Gasteiger partial charge on any atom is -0.383 e. The molecule has 0 bridgehead atoms. The van der Waals surface area contributed by atoms with Gasteiger partial charge in [0.05, 0.1) is 6.61 Å². The number of hydrogen-bond acceptors (Lipinski definition) is 3. The zero-order valence-electron chi connectivity index (χ0n) is 14.5. The van der Waals surface area contributed by atoms with Gasteiger partial charge in [-0.3, -0.25) is 9.59 Å². The van der Waals surface area contributed by atoms with Crippen molar-refractivity contribution >= 4 is 17.5 Å². The van der Waals surface area contributed by atoms with Crippen LogP contribution in [0.3, 0.4) is 0 Å². The Labute approximate surface area is 138 Å². The lowest BCUT2D eigenvalue weighted by Crippen LogP contribution is -2.29. The van der Waals surface area contributed by atoms with Crippen molar-refractivity contribution in [2.75, 3.05) is 25.6 Å². The van der Waals surface area contributed by atoms with Gasteiger partial charge >= 0.3 is 0 Å². The highest BCUT2D eigenvalue weighted by Crippen LogP contribution is 2.18. The molecule has 1 aromatic rings. The first-order valence-corrected chi connectivity index (χ1v) is 8.07. The van der Waals surface area contributed by atoms with Crippen LogP contribution in [0.2, 0.25) is 0 Å². The smallest absolute Gasteiger partial charge is 0.224 e. The van der Waals surface area contributed by atoms with Crippen molar-refractivity contribution in [3.05, 3.63) is 29.8 Å². The predicted octanol–water partition coefficient (Wildman–Crippen LogP) is 2.93. The van der Waals surface area contributed by atoms with Crippen LogP contribution >= 0.6 is 0 Å². The van der Waals surface area contributed by atoms with Crippen LogP contribution in [0.15, 0.2) is 24.3 Å². The van der Waals surface area contributed by atoms with Crippen LogP contribution in [0.4, 0.5) is 5.69 Å². The second kappa shape index (κ2) is 10.0. The molecule has 0 radical (unpaired) electrons. The summed E-state index contributed by atoms with van der Waals surface area (Å²) in [7, 11) is 1.59. The highest BCUT2D eigenvalue weighted by molar-refractivity contribution is 5.91. The molecular formula is C18H28N2O3. The predicted molar refractivity (Wildman–Crippen MR) is 92.4 cm³/mol. The summed E-state index contributed by atoms with van der Waals surface area (Å²) < 4.78 is 4.87. The van der Waals surface area contributed by atoms with Gasteiger partial charge in [-0.15, -0.1) is 0 Å². The molecule has 23 heavy (non-hydrogen) atoms. The van der Waals surface area contributed by atoms with E-state index in [1.165, 1.54) is 5.56 Å². The second-order valence-corrected chi connectivity index (χ2v) is 6.18. The molecule has 1 rings (SSSR count). The van der Waals surface area contributed by atoms with E-state index < -0.39 is 0 Å². The van der Waals surface area contributed by atoms with Crippen LogP contribution in [-0.4, -0.2) is 32.1 Å². The molecule has 0 aliphatic carbocycles. The van der Waals surface area contributed by atoms with E-state index in [0.717, 1.165) is 5.69 Å². The highest BCUT2D eigenvalue weighted by Gasteiger charge is 2.13. The van der Waals surface area contributed by atoms with Crippen molar-refractivity contribution in [2.45, 2.75) is 39.5 Å². The van der Waals surface area contributed by atoms with E-state index in [0.29, 0.717) is 31.9 Å². The molecular weight excluding hydrogens is 292 g/mol. The summed E-state index contributed by atoms with van der Waals surface area (Å²) in [5.74, 6) is 0.340. The number of rotatable bonds is 9. The first kappa shape index (κ1) is 19.2. The monoisotopic (exact) mass is 320 g/mol. The molecule has 0 aliphatic heterocycles. The van der Waals surface area contributed by atoms with Gasteiger partial charge in [-0.05, 0) is 29.5 Å². The third kappa shape index (κ3) is 7.79. The summed E-state index contributed by atoms with van der Waals surface area (Å²) in [5, 5.41) is 5.63. The van der Waals surface area contributed by atoms with Crippen molar-refractivity contribution in [1.29, 1.82) is 0 Å². The fraction of sp³-hybridized carbons (Fsp3) is 0.556. The number of nitrogens with one attached hydrogen (secondary N) is 2. The highest BCUT2D eigenvalue weighted by atomic mass is 16.5.